The predicted octanol–water partition coefficient (Wildman–Crippen LogP) is -0.123. The number of nitrogens with one attached hydrogen (secondary N) is 1. The minimum Gasteiger partial charge on any atom is -0.302 e. The zero-order valence-corrected chi connectivity index (χ0v) is 3.85. The van der Waals surface area contributed by atoms with Crippen LogP contribution in [0.15, 0.2) is 12.2 Å². The van der Waals surface area contributed by atoms with E-state index in [1.54, 1.807) is 12.2 Å². The van der Waals surface area contributed by atoms with Gasteiger partial charge < -0.3 is 5.32 Å². The van der Waals surface area contributed by atoms with Crippen LogP contribution in [-0.4, -0.2) is 12.3 Å². The molecule has 1 radical (unpaired) electrons. The highest BCUT2D eigenvalue weighted by molar-refractivity contribution is 5.97. The van der Waals surface area contributed by atoms with Crippen molar-refractivity contribution in [1.29, 1.82) is 0 Å². The molecule has 0 aromatic carbocycles. The summed E-state index contributed by atoms with van der Waals surface area (Å²) in [6.07, 6.45) is 3.35. The second-order valence-electron chi connectivity index (χ2n) is 1.36. The van der Waals surface area contributed by atoms with Gasteiger partial charge in [-0.1, -0.05) is 6.08 Å². The van der Waals surface area contributed by atoms with E-state index in [1.807, 2.05) is 0 Å². The summed E-state index contributed by atoms with van der Waals surface area (Å²) in [5.41, 5.74) is 0. The molecule has 0 bridgehead atoms. The standard InChI is InChI=1S/C5H6NO/c7-5-2-1-3-6-4-5/h1-2,4,6H,3H2. The Morgan fingerprint density at radius 3 is 2.86 bits per heavy atom. The van der Waals surface area contributed by atoms with Crippen molar-refractivity contribution in [2.75, 3.05) is 6.54 Å². The number of carbonyl (C=O) groups is 1. The fraction of sp³-hybridized carbons (Fsp3) is 0.200. The van der Waals surface area contributed by atoms with E-state index >= 15 is 0 Å². The van der Waals surface area contributed by atoms with E-state index < -0.39 is 0 Å². The molecule has 0 aromatic heterocycles. The second-order valence-corrected chi connectivity index (χ2v) is 1.36. The molecule has 1 aliphatic heterocycles. The van der Waals surface area contributed by atoms with Gasteiger partial charge >= 0.3 is 0 Å². The van der Waals surface area contributed by atoms with Crippen LogP contribution in [-0.2, 0) is 4.79 Å². The van der Waals surface area contributed by atoms with E-state index in [0.29, 0.717) is 0 Å². The third-order valence-electron chi connectivity index (χ3n) is 0.762. The van der Waals surface area contributed by atoms with Crippen LogP contribution in [0.2, 0.25) is 0 Å². The van der Waals surface area contributed by atoms with Gasteiger partial charge in [0.1, 0.15) is 0 Å². The van der Waals surface area contributed by atoms with Crippen molar-refractivity contribution < 1.29 is 4.79 Å². The van der Waals surface area contributed by atoms with E-state index in [0.717, 1.165) is 6.54 Å². The Morgan fingerprint density at radius 1 is 1.71 bits per heavy atom. The van der Waals surface area contributed by atoms with E-state index in [2.05, 4.69) is 5.32 Å². The van der Waals surface area contributed by atoms with Gasteiger partial charge in [0, 0.05) is 6.54 Å². The lowest BCUT2D eigenvalue weighted by molar-refractivity contribution is -0.112. The molecule has 0 unspecified atom stereocenters. The lowest BCUT2D eigenvalue weighted by atomic mass is 10.3. The van der Waals surface area contributed by atoms with Crippen LogP contribution in [0.3, 0.4) is 0 Å². The first-order valence-corrected chi connectivity index (χ1v) is 2.17. The maximum absolute atomic E-state index is 10.3. The summed E-state index contributed by atoms with van der Waals surface area (Å²) >= 11 is 0. The Morgan fingerprint density at radius 2 is 2.57 bits per heavy atom. The first kappa shape index (κ1) is 4.53. The Bertz CT molecular complexity index is 107. The first-order chi connectivity index (χ1) is 3.39. The van der Waals surface area contributed by atoms with Gasteiger partial charge in [-0.3, -0.25) is 4.79 Å². The molecule has 1 aliphatic rings. The molecule has 0 atom stereocenters. The summed E-state index contributed by atoms with van der Waals surface area (Å²) in [7, 11) is 0. The second kappa shape index (κ2) is 1.89. The summed E-state index contributed by atoms with van der Waals surface area (Å²) in [4.78, 5) is 10.3. The van der Waals surface area contributed by atoms with Gasteiger partial charge in [-0.15, -0.1) is 0 Å². The van der Waals surface area contributed by atoms with Gasteiger partial charge in [-0.2, -0.15) is 0 Å². The quantitative estimate of drug-likeness (QED) is 0.455. The molecule has 0 saturated carbocycles. The molecule has 1 N–H and O–H groups in total. The Balaban J connectivity index is 2.51. The molecular formula is C5H6NO. The Hall–Kier alpha value is -0.630. The van der Waals surface area contributed by atoms with Gasteiger partial charge in [0.2, 0.25) is 0 Å². The molecule has 0 aliphatic carbocycles. The van der Waals surface area contributed by atoms with Gasteiger partial charge in [0.05, 0.1) is 6.54 Å². The molecule has 1 rings (SSSR count). The van der Waals surface area contributed by atoms with Crippen LogP contribution in [0.25, 0.3) is 0 Å². The smallest absolute Gasteiger partial charge is 0.174 e. The predicted molar refractivity (Wildman–Crippen MR) is 26.4 cm³/mol. The summed E-state index contributed by atoms with van der Waals surface area (Å²) in [5.74, 6) is 0.0475. The highest BCUT2D eigenvalue weighted by Gasteiger charge is 1.97. The van der Waals surface area contributed by atoms with E-state index in [-0.39, 0.29) is 5.78 Å². The number of hydrogen-bond acceptors (Lipinski definition) is 2. The zero-order valence-electron chi connectivity index (χ0n) is 3.85. The van der Waals surface area contributed by atoms with Crippen LogP contribution in [0.1, 0.15) is 0 Å². The number of carbonyl (C=O) groups excluding carboxylic acids is 1. The molecule has 0 spiro atoms. The average molecular weight is 96.1 g/mol. The third kappa shape index (κ3) is 1.12. The minimum atomic E-state index is 0.0475. The third-order valence-corrected chi connectivity index (χ3v) is 0.762. The molecule has 1 heterocycles. The van der Waals surface area contributed by atoms with E-state index in [1.165, 1.54) is 6.54 Å². The minimum absolute atomic E-state index is 0.0475. The maximum Gasteiger partial charge on any atom is 0.174 e. The monoisotopic (exact) mass is 96.0 g/mol. The van der Waals surface area contributed by atoms with Crippen molar-refractivity contribution in [1.82, 2.24) is 5.32 Å². The van der Waals surface area contributed by atoms with Gasteiger partial charge in [-0.05, 0) is 6.08 Å². The molecular weight excluding hydrogens is 90.1 g/mol. The van der Waals surface area contributed by atoms with Crippen LogP contribution in [0.4, 0.5) is 0 Å². The number of hydrogen-bond donors (Lipinski definition) is 1. The maximum atomic E-state index is 10.3. The molecule has 2 nitrogen and oxygen atoms in total. The topological polar surface area (TPSA) is 29.1 Å². The zero-order chi connectivity index (χ0) is 5.11. The van der Waals surface area contributed by atoms with Gasteiger partial charge in [0.15, 0.2) is 5.78 Å². The fourth-order valence-electron chi connectivity index (χ4n) is 0.451. The summed E-state index contributed by atoms with van der Waals surface area (Å²) in [6.45, 7) is 2.24. The summed E-state index contributed by atoms with van der Waals surface area (Å²) in [6, 6.07) is 0. The van der Waals surface area contributed by atoms with E-state index in [9.17, 15) is 4.79 Å². The Labute approximate surface area is 42.2 Å². The lowest BCUT2D eigenvalue weighted by Gasteiger charge is -1.99. The van der Waals surface area contributed by atoms with Gasteiger partial charge in [0.25, 0.3) is 0 Å². The highest BCUT2D eigenvalue weighted by Crippen LogP contribution is 1.85. The molecule has 0 amide bonds. The van der Waals surface area contributed by atoms with Crippen molar-refractivity contribution in [2.45, 2.75) is 0 Å². The number of rotatable bonds is 0. The van der Waals surface area contributed by atoms with E-state index in [4.69, 9.17) is 0 Å². The average Bonchev–Trinajstić information content (AvgIpc) is 1.69. The van der Waals surface area contributed by atoms with Crippen molar-refractivity contribution in [3.8, 4) is 0 Å². The fourth-order valence-corrected chi connectivity index (χ4v) is 0.451. The highest BCUT2D eigenvalue weighted by atomic mass is 16.1. The molecule has 2 heteroatoms. The molecule has 0 aromatic rings. The van der Waals surface area contributed by atoms with Crippen LogP contribution in [0, 0.1) is 6.54 Å². The molecule has 7 heavy (non-hydrogen) atoms. The largest absolute Gasteiger partial charge is 0.302 e. The number of ketones is 1. The summed E-state index contributed by atoms with van der Waals surface area (Å²) in [5, 5.41) is 2.77. The van der Waals surface area contributed by atoms with Crippen molar-refractivity contribution in [3.05, 3.63) is 18.7 Å². The lowest BCUT2D eigenvalue weighted by Crippen LogP contribution is -2.19. The molecule has 0 saturated heterocycles. The van der Waals surface area contributed by atoms with Crippen molar-refractivity contribution >= 4 is 5.78 Å². The first-order valence-electron chi connectivity index (χ1n) is 2.17. The normalized spacial score (nSPS) is 20.3. The van der Waals surface area contributed by atoms with Crippen LogP contribution < -0.4 is 5.32 Å². The van der Waals surface area contributed by atoms with Crippen molar-refractivity contribution in [3.63, 3.8) is 0 Å². The molecule has 0 fully saturated rings. The van der Waals surface area contributed by atoms with Crippen LogP contribution >= 0.6 is 0 Å². The van der Waals surface area contributed by atoms with Gasteiger partial charge in [-0.25, -0.2) is 0 Å². The molecule has 37 valence electrons. The Kier molecular flexibility index (Phi) is 1.22. The SMILES string of the molecule is O=C1[CH]NCC=C1. The summed E-state index contributed by atoms with van der Waals surface area (Å²) < 4.78 is 0. The van der Waals surface area contributed by atoms with Crippen LogP contribution in [0.5, 0.6) is 0 Å². The van der Waals surface area contributed by atoms with Crippen molar-refractivity contribution in [2.24, 2.45) is 0 Å².